The summed E-state index contributed by atoms with van der Waals surface area (Å²) in [4.78, 5) is 15.1. The molecular formula is C19H23N3O3. The monoisotopic (exact) mass is 341 g/mol. The minimum Gasteiger partial charge on any atom is -0.490 e. The van der Waals surface area contributed by atoms with Gasteiger partial charge in [-0.25, -0.2) is 0 Å². The number of piperidine rings is 1. The van der Waals surface area contributed by atoms with Crippen LogP contribution in [0.25, 0.3) is 0 Å². The normalized spacial score (nSPS) is 20.2. The zero-order valence-electron chi connectivity index (χ0n) is 14.3. The second kappa shape index (κ2) is 7.17. The summed E-state index contributed by atoms with van der Waals surface area (Å²) in [5.41, 5.74) is 0.664. The van der Waals surface area contributed by atoms with Gasteiger partial charge in [0.1, 0.15) is 0 Å². The van der Waals surface area contributed by atoms with Crippen molar-refractivity contribution >= 4 is 5.91 Å². The van der Waals surface area contributed by atoms with E-state index in [9.17, 15) is 4.79 Å². The van der Waals surface area contributed by atoms with Crippen LogP contribution in [0.1, 0.15) is 36.0 Å². The van der Waals surface area contributed by atoms with Crippen LogP contribution in [0.15, 0.2) is 36.7 Å². The molecule has 2 aromatic rings. The Morgan fingerprint density at radius 1 is 1.16 bits per heavy atom. The van der Waals surface area contributed by atoms with E-state index in [1.165, 1.54) is 0 Å². The summed E-state index contributed by atoms with van der Waals surface area (Å²) < 4.78 is 13.3. The number of benzene rings is 1. The number of amides is 1. The Balaban J connectivity index is 1.54. The standard InChI is InChI=1S/C19H23N3O3/c23-19(15-6-7-17-18(13-15)25-12-4-11-24-17)22-10-2-1-5-16(22)14-21-9-3-8-20-21/h3,6-9,13,16H,1-2,4-5,10-12,14H2/t16-/m0/s1. The van der Waals surface area contributed by atoms with Crippen molar-refractivity contribution in [2.45, 2.75) is 38.3 Å². The van der Waals surface area contributed by atoms with E-state index in [1.807, 2.05) is 40.0 Å². The van der Waals surface area contributed by atoms with Crippen LogP contribution < -0.4 is 9.47 Å². The molecule has 2 aliphatic rings. The van der Waals surface area contributed by atoms with Gasteiger partial charge in [-0.3, -0.25) is 9.48 Å². The second-order valence-electron chi connectivity index (χ2n) is 6.59. The number of hydrogen-bond acceptors (Lipinski definition) is 4. The molecular weight excluding hydrogens is 318 g/mol. The van der Waals surface area contributed by atoms with Crippen LogP contribution >= 0.6 is 0 Å². The van der Waals surface area contributed by atoms with E-state index >= 15 is 0 Å². The van der Waals surface area contributed by atoms with Crippen molar-refractivity contribution in [1.82, 2.24) is 14.7 Å². The lowest BCUT2D eigenvalue weighted by atomic mass is 10.0. The predicted octanol–water partition coefficient (Wildman–Crippen LogP) is 2.74. The van der Waals surface area contributed by atoms with Crippen LogP contribution in [0.4, 0.5) is 0 Å². The van der Waals surface area contributed by atoms with Crippen molar-refractivity contribution in [3.05, 3.63) is 42.2 Å². The molecule has 0 N–H and O–H groups in total. The number of likely N-dealkylation sites (tertiary alicyclic amines) is 1. The first-order valence-corrected chi connectivity index (χ1v) is 8.99. The molecule has 0 unspecified atom stereocenters. The number of carbonyl (C=O) groups excluding carboxylic acids is 1. The Morgan fingerprint density at radius 2 is 2.04 bits per heavy atom. The molecule has 0 bridgehead atoms. The Bertz CT molecular complexity index is 730. The molecule has 1 amide bonds. The number of fused-ring (bicyclic) bond motifs is 1. The lowest BCUT2D eigenvalue weighted by Gasteiger charge is -2.36. The van der Waals surface area contributed by atoms with Gasteiger partial charge in [0.05, 0.1) is 25.8 Å². The topological polar surface area (TPSA) is 56.6 Å². The highest BCUT2D eigenvalue weighted by atomic mass is 16.5. The molecule has 3 heterocycles. The first kappa shape index (κ1) is 16.0. The summed E-state index contributed by atoms with van der Waals surface area (Å²) in [6.07, 6.45) is 7.79. The van der Waals surface area contributed by atoms with Crippen molar-refractivity contribution < 1.29 is 14.3 Å². The number of nitrogens with zero attached hydrogens (tertiary/aromatic N) is 3. The van der Waals surface area contributed by atoms with Crippen LogP contribution in [-0.4, -0.2) is 46.4 Å². The van der Waals surface area contributed by atoms with Crippen molar-refractivity contribution in [2.75, 3.05) is 19.8 Å². The molecule has 0 saturated carbocycles. The van der Waals surface area contributed by atoms with Gasteiger partial charge in [0, 0.05) is 30.9 Å². The summed E-state index contributed by atoms with van der Waals surface area (Å²) in [6, 6.07) is 7.61. The molecule has 4 rings (SSSR count). The van der Waals surface area contributed by atoms with E-state index in [0.29, 0.717) is 24.5 Å². The number of ether oxygens (including phenoxy) is 2. The molecule has 2 aliphatic heterocycles. The highest BCUT2D eigenvalue weighted by Crippen LogP contribution is 2.31. The first-order chi connectivity index (χ1) is 12.3. The largest absolute Gasteiger partial charge is 0.490 e. The van der Waals surface area contributed by atoms with Crippen LogP contribution in [0.3, 0.4) is 0 Å². The molecule has 1 aromatic carbocycles. The molecule has 25 heavy (non-hydrogen) atoms. The molecule has 1 aromatic heterocycles. The lowest BCUT2D eigenvalue weighted by Crippen LogP contribution is -2.45. The van der Waals surface area contributed by atoms with Crippen molar-refractivity contribution in [1.29, 1.82) is 0 Å². The third kappa shape index (κ3) is 3.48. The fourth-order valence-electron chi connectivity index (χ4n) is 3.54. The molecule has 1 saturated heterocycles. The van der Waals surface area contributed by atoms with E-state index in [2.05, 4.69) is 5.10 Å². The number of rotatable bonds is 3. The third-order valence-electron chi connectivity index (χ3n) is 4.84. The SMILES string of the molecule is O=C(c1ccc2c(c1)OCCCO2)N1CCCC[C@H]1Cn1cccn1. The van der Waals surface area contributed by atoms with Crippen molar-refractivity contribution in [2.24, 2.45) is 0 Å². The molecule has 6 nitrogen and oxygen atoms in total. The fraction of sp³-hybridized carbons (Fsp3) is 0.474. The molecule has 0 aliphatic carbocycles. The average Bonchev–Trinajstić information content (AvgIpc) is 3.04. The van der Waals surface area contributed by atoms with Gasteiger partial charge in [-0.2, -0.15) is 5.10 Å². The maximum atomic E-state index is 13.1. The minimum atomic E-state index is 0.0625. The Morgan fingerprint density at radius 3 is 2.88 bits per heavy atom. The predicted molar refractivity (Wildman–Crippen MR) is 93.0 cm³/mol. The highest BCUT2D eigenvalue weighted by Gasteiger charge is 2.28. The van der Waals surface area contributed by atoms with E-state index < -0.39 is 0 Å². The zero-order valence-corrected chi connectivity index (χ0v) is 14.3. The average molecular weight is 341 g/mol. The molecule has 0 radical (unpaired) electrons. The van der Waals surface area contributed by atoms with Gasteiger partial charge < -0.3 is 14.4 Å². The molecule has 6 heteroatoms. The van der Waals surface area contributed by atoms with Gasteiger partial charge in [0.15, 0.2) is 11.5 Å². The second-order valence-corrected chi connectivity index (χ2v) is 6.59. The fourth-order valence-corrected chi connectivity index (χ4v) is 3.54. The molecule has 0 spiro atoms. The van der Waals surface area contributed by atoms with Crippen LogP contribution in [0, 0.1) is 0 Å². The quantitative estimate of drug-likeness (QED) is 0.861. The zero-order chi connectivity index (χ0) is 17.1. The summed E-state index contributed by atoms with van der Waals surface area (Å²) in [5, 5.41) is 4.29. The summed E-state index contributed by atoms with van der Waals surface area (Å²) in [6.45, 7) is 2.80. The first-order valence-electron chi connectivity index (χ1n) is 8.99. The maximum Gasteiger partial charge on any atom is 0.254 e. The number of hydrogen-bond donors (Lipinski definition) is 0. The smallest absolute Gasteiger partial charge is 0.254 e. The van der Waals surface area contributed by atoms with E-state index in [-0.39, 0.29) is 11.9 Å². The molecule has 1 fully saturated rings. The maximum absolute atomic E-state index is 13.1. The van der Waals surface area contributed by atoms with Crippen molar-refractivity contribution in [3.8, 4) is 11.5 Å². The summed E-state index contributed by atoms with van der Waals surface area (Å²) in [7, 11) is 0. The number of aromatic nitrogens is 2. The Kier molecular flexibility index (Phi) is 4.59. The van der Waals surface area contributed by atoms with Gasteiger partial charge in [-0.1, -0.05) is 0 Å². The van der Waals surface area contributed by atoms with Gasteiger partial charge >= 0.3 is 0 Å². The highest BCUT2D eigenvalue weighted by molar-refractivity contribution is 5.95. The number of carbonyl (C=O) groups is 1. The molecule has 1 atom stereocenters. The van der Waals surface area contributed by atoms with Crippen LogP contribution in [0.2, 0.25) is 0 Å². The minimum absolute atomic E-state index is 0.0625. The summed E-state index contributed by atoms with van der Waals surface area (Å²) >= 11 is 0. The van der Waals surface area contributed by atoms with Gasteiger partial charge in [-0.15, -0.1) is 0 Å². The van der Waals surface area contributed by atoms with Gasteiger partial charge in [0.25, 0.3) is 5.91 Å². The molecule has 132 valence electrons. The van der Waals surface area contributed by atoms with E-state index in [4.69, 9.17) is 9.47 Å². The van der Waals surface area contributed by atoms with Crippen LogP contribution in [-0.2, 0) is 6.54 Å². The van der Waals surface area contributed by atoms with E-state index in [0.717, 1.165) is 44.5 Å². The van der Waals surface area contributed by atoms with Crippen molar-refractivity contribution in [3.63, 3.8) is 0 Å². The lowest BCUT2D eigenvalue weighted by molar-refractivity contribution is 0.0583. The van der Waals surface area contributed by atoms with Crippen LogP contribution in [0.5, 0.6) is 11.5 Å². The Labute approximate surface area is 147 Å². The summed E-state index contributed by atoms with van der Waals surface area (Å²) in [5.74, 6) is 1.46. The van der Waals surface area contributed by atoms with Gasteiger partial charge in [-0.05, 0) is 43.5 Å². The Hall–Kier alpha value is -2.50. The third-order valence-corrected chi connectivity index (χ3v) is 4.84. The van der Waals surface area contributed by atoms with Gasteiger partial charge in [0.2, 0.25) is 0 Å². The van der Waals surface area contributed by atoms with E-state index in [1.54, 1.807) is 6.20 Å².